The van der Waals surface area contributed by atoms with E-state index in [1.54, 1.807) is 17.5 Å². The van der Waals surface area contributed by atoms with Crippen LogP contribution in [0.25, 0.3) is 0 Å². The number of amides is 1. The third kappa shape index (κ3) is 4.49. The molecular weight excluding hydrogens is 344 g/mol. The number of esters is 1. The van der Waals surface area contributed by atoms with E-state index in [4.69, 9.17) is 19.5 Å². The van der Waals surface area contributed by atoms with Crippen LogP contribution in [0.15, 0.2) is 29.6 Å². The molecule has 0 fully saturated rings. The molecular formula is C17H16N2O5S. The summed E-state index contributed by atoms with van der Waals surface area (Å²) < 4.78 is 15.4. The topological polar surface area (TPSA) is 97.7 Å². The summed E-state index contributed by atoms with van der Waals surface area (Å²) in [6.45, 7) is 1.45. The molecule has 1 heterocycles. The van der Waals surface area contributed by atoms with E-state index in [0.717, 1.165) is 0 Å². The van der Waals surface area contributed by atoms with Crippen LogP contribution in [-0.2, 0) is 9.53 Å². The largest absolute Gasteiger partial charge is 0.497 e. The Morgan fingerprint density at radius 2 is 1.84 bits per heavy atom. The zero-order valence-electron chi connectivity index (χ0n) is 13.9. The van der Waals surface area contributed by atoms with Crippen molar-refractivity contribution in [2.75, 3.05) is 19.5 Å². The van der Waals surface area contributed by atoms with E-state index in [-0.39, 0.29) is 5.56 Å². The maximum absolute atomic E-state index is 12.3. The number of ether oxygens (including phenoxy) is 3. The number of carbonyl (C=O) groups excluding carboxylic acids is 2. The van der Waals surface area contributed by atoms with Gasteiger partial charge in [0.1, 0.15) is 22.6 Å². The molecule has 0 aliphatic heterocycles. The average Bonchev–Trinajstić information content (AvgIpc) is 3.07. The first-order valence-electron chi connectivity index (χ1n) is 7.21. The number of nitriles is 1. The molecule has 2 aromatic rings. The number of rotatable bonds is 6. The summed E-state index contributed by atoms with van der Waals surface area (Å²) in [5.74, 6) is -0.352. The molecule has 25 heavy (non-hydrogen) atoms. The van der Waals surface area contributed by atoms with Crippen molar-refractivity contribution in [3.05, 3.63) is 40.8 Å². The van der Waals surface area contributed by atoms with Crippen molar-refractivity contribution < 1.29 is 23.8 Å². The van der Waals surface area contributed by atoms with Crippen LogP contribution in [0.3, 0.4) is 0 Å². The van der Waals surface area contributed by atoms with Crippen molar-refractivity contribution in [2.45, 2.75) is 13.0 Å². The molecule has 0 radical (unpaired) electrons. The highest BCUT2D eigenvalue weighted by atomic mass is 32.1. The molecule has 1 unspecified atom stereocenters. The Hall–Kier alpha value is -3.05. The summed E-state index contributed by atoms with van der Waals surface area (Å²) >= 11 is 1.22. The molecule has 1 atom stereocenters. The number of nitrogens with zero attached hydrogens (tertiary/aromatic N) is 1. The number of anilines is 1. The normalized spacial score (nSPS) is 11.1. The van der Waals surface area contributed by atoms with Crippen molar-refractivity contribution >= 4 is 28.2 Å². The molecule has 2 rings (SSSR count). The maximum atomic E-state index is 12.3. The molecule has 1 amide bonds. The highest BCUT2D eigenvalue weighted by molar-refractivity contribution is 7.14. The van der Waals surface area contributed by atoms with E-state index in [2.05, 4.69) is 5.32 Å². The monoisotopic (exact) mass is 360 g/mol. The number of benzene rings is 1. The van der Waals surface area contributed by atoms with Gasteiger partial charge in [-0.25, -0.2) is 4.79 Å². The predicted octanol–water partition coefficient (Wildman–Crippen LogP) is 2.82. The van der Waals surface area contributed by atoms with Gasteiger partial charge in [-0.2, -0.15) is 5.26 Å². The van der Waals surface area contributed by atoms with Crippen LogP contribution in [-0.4, -0.2) is 32.2 Å². The van der Waals surface area contributed by atoms with Crippen LogP contribution in [0.4, 0.5) is 5.00 Å². The van der Waals surface area contributed by atoms with Gasteiger partial charge in [-0.05, 0) is 30.5 Å². The first kappa shape index (κ1) is 18.3. The number of nitrogens with one attached hydrogen (secondary N) is 1. The lowest BCUT2D eigenvalue weighted by molar-refractivity contribution is -0.123. The van der Waals surface area contributed by atoms with Gasteiger partial charge in [0, 0.05) is 6.07 Å². The van der Waals surface area contributed by atoms with Gasteiger partial charge in [-0.1, -0.05) is 0 Å². The van der Waals surface area contributed by atoms with Crippen molar-refractivity contribution in [1.29, 1.82) is 5.26 Å². The van der Waals surface area contributed by atoms with Gasteiger partial charge in [0.25, 0.3) is 5.91 Å². The van der Waals surface area contributed by atoms with E-state index in [1.807, 2.05) is 6.07 Å². The Balaban J connectivity index is 2.07. The summed E-state index contributed by atoms with van der Waals surface area (Å²) in [7, 11) is 2.93. The van der Waals surface area contributed by atoms with Gasteiger partial charge in [0.2, 0.25) is 0 Å². The van der Waals surface area contributed by atoms with E-state index in [1.165, 1.54) is 44.6 Å². The van der Waals surface area contributed by atoms with E-state index in [0.29, 0.717) is 22.1 Å². The van der Waals surface area contributed by atoms with Gasteiger partial charge in [-0.3, -0.25) is 4.79 Å². The second kappa shape index (κ2) is 8.17. The number of hydrogen-bond donors (Lipinski definition) is 1. The minimum atomic E-state index is -1.04. The quantitative estimate of drug-likeness (QED) is 0.796. The van der Waals surface area contributed by atoms with Crippen molar-refractivity contribution in [2.24, 2.45) is 0 Å². The van der Waals surface area contributed by atoms with Crippen molar-refractivity contribution in [3.8, 4) is 17.6 Å². The highest BCUT2D eigenvalue weighted by Gasteiger charge is 2.21. The lowest BCUT2D eigenvalue weighted by atomic mass is 10.2. The fraction of sp³-hybridized carbons (Fsp3) is 0.235. The fourth-order valence-corrected chi connectivity index (χ4v) is 2.66. The Bertz CT molecular complexity index is 802. The zero-order valence-corrected chi connectivity index (χ0v) is 14.7. The third-order valence-electron chi connectivity index (χ3n) is 3.26. The van der Waals surface area contributed by atoms with Crippen LogP contribution >= 0.6 is 11.3 Å². The maximum Gasteiger partial charge on any atom is 0.339 e. The van der Waals surface area contributed by atoms with Gasteiger partial charge < -0.3 is 19.5 Å². The predicted molar refractivity (Wildman–Crippen MR) is 92.1 cm³/mol. The van der Waals surface area contributed by atoms with Gasteiger partial charge in [-0.15, -0.1) is 11.3 Å². The fourth-order valence-electron chi connectivity index (χ4n) is 1.92. The van der Waals surface area contributed by atoms with Crippen LogP contribution in [0.1, 0.15) is 22.8 Å². The molecule has 1 aromatic heterocycles. The van der Waals surface area contributed by atoms with E-state index in [9.17, 15) is 9.59 Å². The first-order valence-corrected chi connectivity index (χ1v) is 8.09. The van der Waals surface area contributed by atoms with E-state index < -0.39 is 18.0 Å². The standard InChI is InChI=1S/C17H16N2O5S/c1-10(15(20)19-16-11(9-18)4-5-25-16)24-17(21)12-6-13(22-2)8-14(7-12)23-3/h4-8,10H,1-3H3,(H,19,20). The average molecular weight is 360 g/mol. The SMILES string of the molecule is COc1cc(OC)cc(C(=O)OC(C)C(=O)Nc2sccc2C#N)c1. The lowest BCUT2D eigenvalue weighted by Gasteiger charge is -2.14. The summed E-state index contributed by atoms with van der Waals surface area (Å²) in [4.78, 5) is 24.4. The van der Waals surface area contributed by atoms with Crippen LogP contribution in [0.5, 0.6) is 11.5 Å². The molecule has 130 valence electrons. The second-order valence-electron chi connectivity index (χ2n) is 4.91. The Morgan fingerprint density at radius 1 is 1.20 bits per heavy atom. The minimum Gasteiger partial charge on any atom is -0.497 e. The second-order valence-corrected chi connectivity index (χ2v) is 5.83. The van der Waals surface area contributed by atoms with Crippen LogP contribution < -0.4 is 14.8 Å². The lowest BCUT2D eigenvalue weighted by Crippen LogP contribution is -2.30. The Labute approximate surface area is 148 Å². The zero-order chi connectivity index (χ0) is 18.4. The smallest absolute Gasteiger partial charge is 0.339 e. The van der Waals surface area contributed by atoms with Gasteiger partial charge >= 0.3 is 5.97 Å². The summed E-state index contributed by atoms with van der Waals surface area (Å²) in [6.07, 6.45) is -1.04. The number of carbonyl (C=O) groups is 2. The van der Waals surface area contributed by atoms with Crippen molar-refractivity contribution in [3.63, 3.8) is 0 Å². The first-order chi connectivity index (χ1) is 12.0. The minimum absolute atomic E-state index is 0.199. The van der Waals surface area contributed by atoms with Crippen LogP contribution in [0, 0.1) is 11.3 Å². The molecule has 7 nitrogen and oxygen atoms in total. The van der Waals surface area contributed by atoms with Crippen LogP contribution in [0.2, 0.25) is 0 Å². The highest BCUT2D eigenvalue weighted by Crippen LogP contribution is 2.24. The Kier molecular flexibility index (Phi) is 5.98. The molecule has 1 N–H and O–H groups in total. The molecule has 0 aliphatic carbocycles. The number of methoxy groups -OCH3 is 2. The number of hydrogen-bond acceptors (Lipinski definition) is 7. The van der Waals surface area contributed by atoms with Gasteiger partial charge in [0.05, 0.1) is 25.3 Å². The van der Waals surface area contributed by atoms with Gasteiger partial charge in [0.15, 0.2) is 6.10 Å². The third-order valence-corrected chi connectivity index (χ3v) is 4.09. The summed E-state index contributed by atoms with van der Waals surface area (Å²) in [5, 5.41) is 13.6. The molecule has 0 saturated carbocycles. The molecule has 1 aromatic carbocycles. The van der Waals surface area contributed by atoms with E-state index >= 15 is 0 Å². The van der Waals surface area contributed by atoms with Crippen molar-refractivity contribution in [1.82, 2.24) is 0 Å². The summed E-state index contributed by atoms with van der Waals surface area (Å²) in [6, 6.07) is 8.16. The number of thiophene rings is 1. The Morgan fingerprint density at radius 3 is 2.40 bits per heavy atom. The molecule has 0 aliphatic rings. The molecule has 0 bridgehead atoms. The molecule has 0 spiro atoms. The summed E-state index contributed by atoms with van der Waals surface area (Å²) in [5.41, 5.74) is 0.555. The molecule has 8 heteroatoms. The molecule has 0 saturated heterocycles.